The van der Waals surface area contributed by atoms with Crippen LogP contribution in [0.2, 0.25) is 0 Å². The fourth-order valence-corrected chi connectivity index (χ4v) is 2.47. The lowest BCUT2D eigenvalue weighted by atomic mass is 9.82. The number of fused-ring (bicyclic) bond motifs is 1. The molecule has 0 atom stereocenters. The number of pyridine rings is 1. The Bertz CT molecular complexity index is 559. The Morgan fingerprint density at radius 2 is 2.18 bits per heavy atom. The largest absolute Gasteiger partial charge is 0.322 e. The van der Waals surface area contributed by atoms with Crippen molar-refractivity contribution in [2.45, 2.75) is 32.1 Å². The predicted molar refractivity (Wildman–Crippen MR) is 70.9 cm³/mol. The van der Waals surface area contributed by atoms with Crippen molar-refractivity contribution in [3.05, 3.63) is 35.5 Å². The Morgan fingerprint density at radius 1 is 1.35 bits per heavy atom. The first-order valence-corrected chi connectivity index (χ1v) is 6.16. The lowest BCUT2D eigenvalue weighted by Crippen LogP contribution is -2.17. The standard InChI is InChI=1S/C14H17N3/c1-9-4-2-7-11-8-12(17-15)14(16-13(9)11)10-5-3-6-10/h2,4,7-8,10,17H,3,5-6,15H2,1H3. The molecule has 1 aromatic heterocycles. The van der Waals surface area contributed by atoms with Gasteiger partial charge in [0.25, 0.3) is 0 Å². The summed E-state index contributed by atoms with van der Waals surface area (Å²) in [4.78, 5) is 4.83. The van der Waals surface area contributed by atoms with Crippen LogP contribution in [0, 0.1) is 6.92 Å². The maximum Gasteiger partial charge on any atom is 0.0736 e. The highest BCUT2D eigenvalue weighted by atomic mass is 15.2. The molecule has 0 spiro atoms. The number of nitrogens with two attached hydrogens (primary N) is 1. The van der Waals surface area contributed by atoms with Crippen LogP contribution in [-0.2, 0) is 0 Å². The minimum atomic E-state index is 0.588. The molecule has 17 heavy (non-hydrogen) atoms. The number of nitrogen functional groups attached to an aromatic ring is 1. The van der Waals surface area contributed by atoms with Gasteiger partial charge in [-0.15, -0.1) is 0 Å². The van der Waals surface area contributed by atoms with Crippen molar-refractivity contribution in [1.29, 1.82) is 0 Å². The van der Waals surface area contributed by atoms with Crippen LogP contribution >= 0.6 is 0 Å². The van der Waals surface area contributed by atoms with Gasteiger partial charge in [0, 0.05) is 11.3 Å². The number of hydrazine groups is 1. The van der Waals surface area contributed by atoms with Crippen molar-refractivity contribution in [3.8, 4) is 0 Å². The van der Waals surface area contributed by atoms with Gasteiger partial charge >= 0.3 is 0 Å². The van der Waals surface area contributed by atoms with Gasteiger partial charge in [0.2, 0.25) is 0 Å². The van der Waals surface area contributed by atoms with Crippen molar-refractivity contribution in [3.63, 3.8) is 0 Å². The molecule has 3 heteroatoms. The van der Waals surface area contributed by atoms with E-state index in [0.29, 0.717) is 5.92 Å². The van der Waals surface area contributed by atoms with E-state index in [9.17, 15) is 0 Å². The second kappa shape index (κ2) is 4.00. The molecule has 1 aliphatic carbocycles. The van der Waals surface area contributed by atoms with E-state index < -0.39 is 0 Å². The summed E-state index contributed by atoms with van der Waals surface area (Å²) >= 11 is 0. The van der Waals surface area contributed by atoms with E-state index in [4.69, 9.17) is 10.8 Å². The maximum atomic E-state index is 5.61. The molecule has 0 bridgehead atoms. The molecule has 1 heterocycles. The first-order chi connectivity index (χ1) is 8.29. The van der Waals surface area contributed by atoms with Gasteiger partial charge in [-0.3, -0.25) is 10.8 Å². The van der Waals surface area contributed by atoms with E-state index in [1.165, 1.54) is 24.8 Å². The van der Waals surface area contributed by atoms with E-state index in [0.717, 1.165) is 22.3 Å². The summed E-state index contributed by atoms with van der Waals surface area (Å²) in [7, 11) is 0. The zero-order chi connectivity index (χ0) is 11.8. The van der Waals surface area contributed by atoms with Gasteiger partial charge in [0.05, 0.1) is 16.9 Å². The molecule has 0 aliphatic heterocycles. The van der Waals surface area contributed by atoms with Crippen LogP contribution in [0.25, 0.3) is 10.9 Å². The molecule has 1 aromatic carbocycles. The molecule has 3 N–H and O–H groups in total. The van der Waals surface area contributed by atoms with Crippen LogP contribution < -0.4 is 11.3 Å². The fraction of sp³-hybridized carbons (Fsp3) is 0.357. The van der Waals surface area contributed by atoms with Gasteiger partial charge in [-0.2, -0.15) is 0 Å². The zero-order valence-corrected chi connectivity index (χ0v) is 10.0. The number of rotatable bonds is 2. The molecule has 0 unspecified atom stereocenters. The molecule has 1 saturated carbocycles. The third-order valence-electron chi connectivity index (χ3n) is 3.72. The lowest BCUT2D eigenvalue weighted by Gasteiger charge is -2.27. The number of anilines is 1. The van der Waals surface area contributed by atoms with Crippen LogP contribution in [0.3, 0.4) is 0 Å². The Balaban J connectivity index is 2.22. The molecule has 0 saturated heterocycles. The Kier molecular flexibility index (Phi) is 2.48. The van der Waals surface area contributed by atoms with E-state index in [1.54, 1.807) is 0 Å². The van der Waals surface area contributed by atoms with Crippen LogP contribution in [0.1, 0.15) is 36.4 Å². The predicted octanol–water partition coefficient (Wildman–Crippen LogP) is 3.10. The highest BCUT2D eigenvalue weighted by Crippen LogP contribution is 2.39. The lowest BCUT2D eigenvalue weighted by molar-refractivity contribution is 0.413. The molecule has 0 radical (unpaired) electrons. The minimum Gasteiger partial charge on any atom is -0.322 e. The van der Waals surface area contributed by atoms with Crippen molar-refractivity contribution >= 4 is 16.6 Å². The third-order valence-corrected chi connectivity index (χ3v) is 3.72. The van der Waals surface area contributed by atoms with Crippen molar-refractivity contribution in [1.82, 2.24) is 4.98 Å². The quantitative estimate of drug-likeness (QED) is 0.612. The maximum absolute atomic E-state index is 5.61. The molecule has 3 nitrogen and oxygen atoms in total. The van der Waals surface area contributed by atoms with Crippen LogP contribution in [0.4, 0.5) is 5.69 Å². The summed E-state index contributed by atoms with van der Waals surface area (Å²) in [6.45, 7) is 2.11. The molecule has 3 rings (SSSR count). The highest BCUT2D eigenvalue weighted by Gasteiger charge is 2.24. The van der Waals surface area contributed by atoms with Crippen molar-refractivity contribution in [2.24, 2.45) is 5.84 Å². The van der Waals surface area contributed by atoms with Crippen LogP contribution in [0.5, 0.6) is 0 Å². The van der Waals surface area contributed by atoms with Gasteiger partial charge in [-0.25, -0.2) is 0 Å². The molecular weight excluding hydrogens is 210 g/mol. The fourth-order valence-electron chi connectivity index (χ4n) is 2.47. The smallest absolute Gasteiger partial charge is 0.0736 e. The first-order valence-electron chi connectivity index (χ1n) is 6.16. The number of hydrogen-bond donors (Lipinski definition) is 2. The van der Waals surface area contributed by atoms with Crippen molar-refractivity contribution in [2.75, 3.05) is 5.43 Å². The first kappa shape index (κ1) is 10.5. The van der Waals surface area contributed by atoms with E-state index in [2.05, 4.69) is 36.6 Å². The van der Waals surface area contributed by atoms with Crippen LogP contribution in [0.15, 0.2) is 24.3 Å². The summed E-state index contributed by atoms with van der Waals surface area (Å²) < 4.78 is 0. The number of nitrogens with zero attached hydrogens (tertiary/aromatic N) is 1. The number of nitrogens with one attached hydrogen (secondary N) is 1. The van der Waals surface area contributed by atoms with E-state index in [-0.39, 0.29) is 0 Å². The van der Waals surface area contributed by atoms with Gasteiger partial charge in [0.15, 0.2) is 0 Å². The molecule has 1 fully saturated rings. The number of hydrogen-bond acceptors (Lipinski definition) is 3. The summed E-state index contributed by atoms with van der Waals surface area (Å²) in [6.07, 6.45) is 3.78. The summed E-state index contributed by atoms with van der Waals surface area (Å²) in [6, 6.07) is 8.36. The second-order valence-corrected chi connectivity index (χ2v) is 4.84. The normalized spacial score (nSPS) is 15.9. The number of benzene rings is 1. The third kappa shape index (κ3) is 1.67. The van der Waals surface area contributed by atoms with Gasteiger partial charge in [-0.1, -0.05) is 24.6 Å². The molecular formula is C14H17N3. The molecule has 1 aliphatic rings. The summed E-state index contributed by atoms with van der Waals surface area (Å²) in [5.41, 5.74) is 7.25. The summed E-state index contributed by atoms with van der Waals surface area (Å²) in [5.74, 6) is 6.19. The summed E-state index contributed by atoms with van der Waals surface area (Å²) in [5, 5.41) is 1.15. The molecule has 0 amide bonds. The zero-order valence-electron chi connectivity index (χ0n) is 10.0. The van der Waals surface area contributed by atoms with E-state index >= 15 is 0 Å². The van der Waals surface area contributed by atoms with Crippen molar-refractivity contribution < 1.29 is 0 Å². The number of aryl methyl sites for hydroxylation is 1. The topological polar surface area (TPSA) is 50.9 Å². The average molecular weight is 227 g/mol. The minimum absolute atomic E-state index is 0.588. The molecule has 2 aromatic rings. The Morgan fingerprint density at radius 3 is 2.82 bits per heavy atom. The molecule has 88 valence electrons. The van der Waals surface area contributed by atoms with Gasteiger partial charge in [-0.05, 0) is 31.4 Å². The second-order valence-electron chi connectivity index (χ2n) is 4.84. The highest BCUT2D eigenvalue weighted by molar-refractivity contribution is 5.85. The van der Waals surface area contributed by atoms with Gasteiger partial charge < -0.3 is 5.43 Å². The van der Waals surface area contributed by atoms with E-state index in [1.807, 2.05) is 0 Å². The number of aromatic nitrogens is 1. The monoisotopic (exact) mass is 227 g/mol. The number of para-hydroxylation sites is 1. The van der Waals surface area contributed by atoms with Gasteiger partial charge in [0.1, 0.15) is 0 Å². The average Bonchev–Trinajstić information content (AvgIpc) is 2.27. The Labute approximate surface area is 101 Å². The SMILES string of the molecule is Cc1cccc2cc(NN)c(C3CCC3)nc12. The van der Waals surface area contributed by atoms with Crippen LogP contribution in [-0.4, -0.2) is 4.98 Å². The Hall–Kier alpha value is -1.61.